The maximum atomic E-state index is 11.9. The number of unbranched alkanes of at least 4 members (excludes halogenated alkanes) is 1. The van der Waals surface area contributed by atoms with Crippen LogP contribution < -0.4 is 15.5 Å². The van der Waals surface area contributed by atoms with Crippen molar-refractivity contribution >= 4 is 36.4 Å². The number of hydrogen-bond donors (Lipinski definition) is 2. The third kappa shape index (κ3) is 8.47. The van der Waals surface area contributed by atoms with Crippen molar-refractivity contribution in [3.63, 3.8) is 0 Å². The lowest BCUT2D eigenvalue weighted by atomic mass is 10.2. The first-order chi connectivity index (χ1) is 9.69. The Bertz CT molecular complexity index is 399. The van der Waals surface area contributed by atoms with E-state index in [0.29, 0.717) is 12.1 Å². The van der Waals surface area contributed by atoms with Gasteiger partial charge in [0.05, 0.1) is 0 Å². The molecule has 0 radical (unpaired) electrons. The van der Waals surface area contributed by atoms with E-state index < -0.39 is 0 Å². The Balaban J connectivity index is 0. The smallest absolute Gasteiger partial charge is 0.251 e. The summed E-state index contributed by atoms with van der Waals surface area (Å²) in [6.07, 6.45) is 2.37. The van der Waals surface area contributed by atoms with Gasteiger partial charge in [0, 0.05) is 37.9 Å². The topological polar surface area (TPSA) is 44.4 Å². The van der Waals surface area contributed by atoms with Gasteiger partial charge in [-0.25, -0.2) is 0 Å². The number of nitrogens with one attached hydrogen (secondary N) is 2. The Morgan fingerprint density at radius 1 is 1.09 bits per heavy atom. The quantitative estimate of drug-likeness (QED) is 0.673. The van der Waals surface area contributed by atoms with Crippen molar-refractivity contribution in [2.24, 2.45) is 0 Å². The molecule has 1 amide bonds. The van der Waals surface area contributed by atoms with Crippen LogP contribution >= 0.6 is 24.8 Å². The molecule has 0 spiro atoms. The van der Waals surface area contributed by atoms with Crippen LogP contribution in [0.25, 0.3) is 0 Å². The van der Waals surface area contributed by atoms with Crippen LogP contribution in [0.4, 0.5) is 5.69 Å². The second-order valence-corrected chi connectivity index (χ2v) is 4.93. The fourth-order valence-corrected chi connectivity index (χ4v) is 1.93. The van der Waals surface area contributed by atoms with Crippen LogP contribution in [0.1, 0.15) is 37.0 Å². The second-order valence-electron chi connectivity index (χ2n) is 4.93. The number of carbonyl (C=O) groups is 1. The molecule has 128 valence electrons. The Morgan fingerprint density at radius 3 is 2.27 bits per heavy atom. The second kappa shape index (κ2) is 13.7. The number of halogens is 2. The molecule has 0 saturated carbocycles. The normalized spacial score (nSPS) is 9.41. The average Bonchev–Trinajstić information content (AvgIpc) is 2.49. The molecule has 1 rings (SSSR count). The molecule has 0 unspecified atom stereocenters. The van der Waals surface area contributed by atoms with Crippen LogP contribution in [0.2, 0.25) is 0 Å². The van der Waals surface area contributed by atoms with E-state index in [9.17, 15) is 4.79 Å². The summed E-state index contributed by atoms with van der Waals surface area (Å²) in [5.41, 5.74) is 1.87. The Kier molecular flexibility index (Phi) is 14.5. The van der Waals surface area contributed by atoms with Gasteiger partial charge in [-0.1, -0.05) is 20.3 Å². The summed E-state index contributed by atoms with van der Waals surface area (Å²) in [5.74, 6) is -0.00864. The summed E-state index contributed by atoms with van der Waals surface area (Å²) in [6, 6.07) is 7.80. The van der Waals surface area contributed by atoms with Gasteiger partial charge in [0.15, 0.2) is 0 Å². The first-order valence-corrected chi connectivity index (χ1v) is 7.49. The summed E-state index contributed by atoms with van der Waals surface area (Å²) >= 11 is 0. The Labute approximate surface area is 146 Å². The van der Waals surface area contributed by atoms with Crippen molar-refractivity contribution in [2.75, 3.05) is 38.1 Å². The maximum absolute atomic E-state index is 11.9. The van der Waals surface area contributed by atoms with Crippen LogP contribution in [0.5, 0.6) is 0 Å². The van der Waals surface area contributed by atoms with E-state index in [-0.39, 0.29) is 30.7 Å². The third-order valence-electron chi connectivity index (χ3n) is 3.25. The lowest BCUT2D eigenvalue weighted by Gasteiger charge is -2.19. The van der Waals surface area contributed by atoms with Crippen molar-refractivity contribution in [2.45, 2.75) is 26.7 Å². The summed E-state index contributed by atoms with van der Waals surface area (Å²) in [5, 5.41) is 6.08. The molecule has 1 aromatic carbocycles. The lowest BCUT2D eigenvalue weighted by molar-refractivity contribution is 0.0954. The number of benzene rings is 1. The molecule has 0 aliphatic rings. The molecule has 0 saturated heterocycles. The molecule has 4 nitrogen and oxygen atoms in total. The minimum absolute atomic E-state index is 0. The molecule has 6 heteroatoms. The molecule has 0 fully saturated rings. The van der Waals surface area contributed by atoms with Gasteiger partial charge in [0.1, 0.15) is 0 Å². The predicted molar refractivity (Wildman–Crippen MR) is 100.0 cm³/mol. The summed E-state index contributed by atoms with van der Waals surface area (Å²) in [6.45, 7) is 7.68. The number of hydrogen-bond acceptors (Lipinski definition) is 3. The summed E-state index contributed by atoms with van der Waals surface area (Å²) in [4.78, 5) is 14.1. The van der Waals surface area contributed by atoms with Gasteiger partial charge in [-0.2, -0.15) is 0 Å². The van der Waals surface area contributed by atoms with Gasteiger partial charge in [0.25, 0.3) is 5.91 Å². The molecule has 0 atom stereocenters. The first kappa shape index (κ1) is 23.3. The van der Waals surface area contributed by atoms with Gasteiger partial charge in [-0.15, -0.1) is 24.8 Å². The van der Waals surface area contributed by atoms with E-state index in [0.717, 1.165) is 25.3 Å². The van der Waals surface area contributed by atoms with Gasteiger partial charge >= 0.3 is 0 Å². The molecule has 22 heavy (non-hydrogen) atoms. The van der Waals surface area contributed by atoms with Gasteiger partial charge in [-0.05, 0) is 37.2 Å². The van der Waals surface area contributed by atoms with Crippen molar-refractivity contribution in [3.8, 4) is 0 Å². The molecule has 0 aliphatic carbocycles. The fraction of sp³-hybridized carbons (Fsp3) is 0.562. The first-order valence-electron chi connectivity index (χ1n) is 7.49. The Hall–Kier alpha value is -0.970. The van der Waals surface area contributed by atoms with Gasteiger partial charge < -0.3 is 15.5 Å². The van der Waals surface area contributed by atoms with Gasteiger partial charge in [0.2, 0.25) is 0 Å². The zero-order valence-corrected chi connectivity index (χ0v) is 15.4. The molecule has 0 aliphatic heterocycles. The lowest BCUT2D eigenvalue weighted by Crippen LogP contribution is -2.31. The molecular formula is C16H29Cl2N3O. The third-order valence-corrected chi connectivity index (χ3v) is 3.25. The minimum Gasteiger partial charge on any atom is -0.375 e. The number of nitrogens with zero attached hydrogens (tertiary/aromatic N) is 1. The summed E-state index contributed by atoms with van der Waals surface area (Å²) in [7, 11) is 2.08. The standard InChI is InChI=1S/C16H27N3O.2ClH/c1-4-6-13-19(3)15-9-7-14(8-10-15)16(20)18-12-11-17-5-2;;/h7-10,17H,4-6,11-13H2,1-3H3,(H,18,20);2*1H. The highest BCUT2D eigenvalue weighted by molar-refractivity contribution is 5.94. The van der Waals surface area contributed by atoms with Crippen LogP contribution in [0, 0.1) is 0 Å². The van der Waals surface area contributed by atoms with Crippen LogP contribution in [-0.4, -0.2) is 39.1 Å². The van der Waals surface area contributed by atoms with Crippen LogP contribution in [-0.2, 0) is 0 Å². The molecular weight excluding hydrogens is 321 g/mol. The van der Waals surface area contributed by atoms with Crippen LogP contribution in [0.3, 0.4) is 0 Å². The highest BCUT2D eigenvalue weighted by Gasteiger charge is 2.06. The van der Waals surface area contributed by atoms with Crippen molar-refractivity contribution in [1.82, 2.24) is 10.6 Å². The van der Waals surface area contributed by atoms with E-state index >= 15 is 0 Å². The molecule has 1 aromatic rings. The maximum Gasteiger partial charge on any atom is 0.251 e. The zero-order chi connectivity index (χ0) is 14.8. The average molecular weight is 350 g/mol. The van der Waals surface area contributed by atoms with E-state index in [2.05, 4.69) is 36.4 Å². The largest absolute Gasteiger partial charge is 0.375 e. The number of rotatable bonds is 9. The van der Waals surface area contributed by atoms with Crippen molar-refractivity contribution in [3.05, 3.63) is 29.8 Å². The van der Waals surface area contributed by atoms with Crippen LogP contribution in [0.15, 0.2) is 24.3 Å². The van der Waals surface area contributed by atoms with Crippen molar-refractivity contribution < 1.29 is 4.79 Å². The van der Waals surface area contributed by atoms with E-state index in [1.54, 1.807) is 0 Å². The van der Waals surface area contributed by atoms with Gasteiger partial charge in [-0.3, -0.25) is 4.79 Å². The minimum atomic E-state index is -0.00864. The van der Waals surface area contributed by atoms with Crippen molar-refractivity contribution in [1.29, 1.82) is 0 Å². The highest BCUT2D eigenvalue weighted by Crippen LogP contribution is 2.14. The van der Waals surface area contributed by atoms with E-state index in [4.69, 9.17) is 0 Å². The Morgan fingerprint density at radius 2 is 1.73 bits per heavy atom. The molecule has 0 heterocycles. The van der Waals surface area contributed by atoms with E-state index in [1.807, 2.05) is 24.3 Å². The SMILES string of the molecule is CCCCN(C)c1ccc(C(=O)NCCNCC)cc1.Cl.Cl. The molecule has 0 aromatic heterocycles. The zero-order valence-electron chi connectivity index (χ0n) is 13.7. The fourth-order valence-electron chi connectivity index (χ4n) is 1.93. The number of likely N-dealkylation sites (N-methyl/N-ethyl adjacent to an activating group) is 1. The van der Waals surface area contributed by atoms with E-state index in [1.165, 1.54) is 12.8 Å². The summed E-state index contributed by atoms with van der Waals surface area (Å²) < 4.78 is 0. The monoisotopic (exact) mass is 349 g/mol. The molecule has 2 N–H and O–H groups in total. The molecule has 0 bridgehead atoms. The number of amides is 1. The predicted octanol–water partition coefficient (Wildman–Crippen LogP) is 3.11. The number of carbonyl (C=O) groups excluding carboxylic acids is 1. The highest BCUT2D eigenvalue weighted by atomic mass is 35.5. The number of anilines is 1.